The number of piperazine rings is 1. The molecule has 2 fully saturated rings. The molecule has 2 aliphatic rings. The number of amides is 2. The summed E-state index contributed by atoms with van der Waals surface area (Å²) in [6, 6.07) is 6.14. The lowest BCUT2D eigenvalue weighted by atomic mass is 9.93. The number of alkyl halides is 3. The van der Waals surface area contributed by atoms with Gasteiger partial charge in [-0.3, -0.25) is 9.59 Å². The molecule has 9 nitrogen and oxygen atoms in total. The monoisotopic (exact) mass is 577 g/mol. The number of rotatable bonds is 7. The van der Waals surface area contributed by atoms with E-state index in [2.05, 4.69) is 30.8 Å². The van der Waals surface area contributed by atoms with Crippen molar-refractivity contribution >= 4 is 29.3 Å². The zero-order chi connectivity index (χ0) is 28.9. The van der Waals surface area contributed by atoms with Gasteiger partial charge in [-0.1, -0.05) is 26.7 Å². The van der Waals surface area contributed by atoms with Crippen molar-refractivity contribution in [2.75, 3.05) is 43.9 Å². The fourth-order valence-corrected chi connectivity index (χ4v) is 5.14. The van der Waals surface area contributed by atoms with Gasteiger partial charge in [0.15, 0.2) is 0 Å². The highest BCUT2D eigenvalue weighted by atomic mass is 19.4. The van der Waals surface area contributed by atoms with Crippen molar-refractivity contribution in [3.05, 3.63) is 41.6 Å². The number of hydrogen-bond donors (Lipinski definition) is 3. The van der Waals surface area contributed by atoms with E-state index in [1.807, 2.05) is 25.8 Å². The molecule has 1 aliphatic heterocycles. The van der Waals surface area contributed by atoms with Gasteiger partial charge in [0.05, 0.1) is 5.92 Å². The fourth-order valence-electron chi connectivity index (χ4n) is 5.14. The summed E-state index contributed by atoms with van der Waals surface area (Å²) in [6.07, 6.45) is -0.213. The minimum atomic E-state index is -4.67. The van der Waals surface area contributed by atoms with Crippen molar-refractivity contribution in [2.24, 2.45) is 5.92 Å². The maximum atomic E-state index is 13.9. The first-order valence-corrected chi connectivity index (χ1v) is 13.9. The number of carbonyl (C=O) groups excluding carboxylic acids is 2. The van der Waals surface area contributed by atoms with Crippen LogP contribution in [0.15, 0.2) is 30.5 Å². The number of likely N-dealkylation sites (N-methyl/N-ethyl adjacent to an activating group) is 1. The van der Waals surface area contributed by atoms with E-state index in [-0.39, 0.29) is 37.0 Å². The Morgan fingerprint density at radius 3 is 2.29 bits per heavy atom. The van der Waals surface area contributed by atoms with Crippen molar-refractivity contribution in [2.45, 2.75) is 71.6 Å². The van der Waals surface area contributed by atoms with Crippen LogP contribution in [0.5, 0.6) is 0 Å². The normalized spacial score (nSPS) is 20.1. The SMILES string of the molecule is C.CC(C)NC(=O)[C@H]1CCCCC[C@H]1Nc1nc(Nc2ccc(C(=O)N3CCN(C)CC3)cc2)ncc1C(F)(F)F. The van der Waals surface area contributed by atoms with Gasteiger partial charge < -0.3 is 25.8 Å². The van der Waals surface area contributed by atoms with Gasteiger partial charge in [0.2, 0.25) is 11.9 Å². The maximum Gasteiger partial charge on any atom is 0.421 e. The van der Waals surface area contributed by atoms with Gasteiger partial charge in [-0.15, -0.1) is 0 Å². The summed E-state index contributed by atoms with van der Waals surface area (Å²) in [7, 11) is 2.02. The van der Waals surface area contributed by atoms with E-state index in [1.54, 1.807) is 24.3 Å². The molecule has 0 unspecified atom stereocenters. The molecule has 1 aromatic carbocycles. The van der Waals surface area contributed by atoms with Crippen LogP contribution in [-0.4, -0.2) is 76.9 Å². The van der Waals surface area contributed by atoms with Crippen LogP contribution in [0, 0.1) is 5.92 Å². The van der Waals surface area contributed by atoms with Crippen LogP contribution in [0.3, 0.4) is 0 Å². The number of anilines is 3. The minimum Gasteiger partial charge on any atom is -0.366 e. The lowest BCUT2D eigenvalue weighted by Crippen LogP contribution is -2.47. The summed E-state index contributed by atoms with van der Waals surface area (Å²) in [5, 5.41) is 8.81. The highest BCUT2D eigenvalue weighted by Gasteiger charge is 2.38. The second-order valence-corrected chi connectivity index (χ2v) is 10.9. The van der Waals surface area contributed by atoms with Crippen LogP contribution >= 0.6 is 0 Å². The number of nitrogens with zero attached hydrogens (tertiary/aromatic N) is 4. The number of benzene rings is 1. The third-order valence-electron chi connectivity index (χ3n) is 7.38. The molecule has 2 atom stereocenters. The smallest absolute Gasteiger partial charge is 0.366 e. The van der Waals surface area contributed by atoms with Gasteiger partial charge in [-0.2, -0.15) is 18.2 Å². The number of aromatic nitrogens is 2. The maximum absolute atomic E-state index is 13.9. The van der Waals surface area contributed by atoms with Crippen molar-refractivity contribution in [1.29, 1.82) is 0 Å². The van der Waals surface area contributed by atoms with Crippen LogP contribution in [0.1, 0.15) is 69.3 Å². The van der Waals surface area contributed by atoms with Crippen LogP contribution in [0.4, 0.5) is 30.6 Å². The fraction of sp³-hybridized carbons (Fsp3) is 0.586. The lowest BCUT2D eigenvalue weighted by Gasteiger charge is -2.32. The van der Waals surface area contributed by atoms with Gasteiger partial charge in [0.25, 0.3) is 5.91 Å². The van der Waals surface area contributed by atoms with Crippen LogP contribution in [0.25, 0.3) is 0 Å². The van der Waals surface area contributed by atoms with Gasteiger partial charge >= 0.3 is 6.18 Å². The Kier molecular flexibility index (Phi) is 10.9. The molecule has 2 aromatic rings. The Hall–Kier alpha value is -3.41. The molecule has 1 aliphatic carbocycles. The quantitative estimate of drug-likeness (QED) is 0.391. The van der Waals surface area contributed by atoms with Crippen LogP contribution in [0.2, 0.25) is 0 Å². The van der Waals surface area contributed by atoms with E-state index in [9.17, 15) is 22.8 Å². The molecule has 1 aromatic heterocycles. The highest BCUT2D eigenvalue weighted by Crippen LogP contribution is 2.36. The summed E-state index contributed by atoms with van der Waals surface area (Å²) < 4.78 is 41.7. The number of nitrogens with one attached hydrogen (secondary N) is 3. The lowest BCUT2D eigenvalue weighted by molar-refractivity contribution is -0.137. The third kappa shape index (κ3) is 8.54. The van der Waals surface area contributed by atoms with Crippen molar-refractivity contribution < 1.29 is 22.8 Å². The molecular formula is C29H42F3N7O2. The van der Waals surface area contributed by atoms with Gasteiger partial charge in [-0.25, -0.2) is 4.98 Å². The molecular weight excluding hydrogens is 535 g/mol. The first-order valence-electron chi connectivity index (χ1n) is 13.9. The standard InChI is InChI=1S/C28H38F3N7O2.CH4/c1-18(2)33-25(39)21-7-5-4-6-8-23(21)35-24-22(28(29,30)31)17-32-27(36-24)34-20-11-9-19(10-12-20)26(40)38-15-13-37(3)14-16-38;/h9-12,17-18,21,23H,4-8,13-16H2,1-3H3,(H,33,39)(H2,32,34,35,36);1H4/t21-,23+;/m0./s1. The third-order valence-corrected chi connectivity index (χ3v) is 7.38. The van der Waals surface area contributed by atoms with E-state index in [1.165, 1.54) is 0 Å². The molecule has 41 heavy (non-hydrogen) atoms. The average molecular weight is 578 g/mol. The van der Waals surface area contributed by atoms with Crippen molar-refractivity contribution in [1.82, 2.24) is 25.1 Å². The molecule has 1 saturated heterocycles. The Bertz CT molecular complexity index is 1170. The van der Waals surface area contributed by atoms with Crippen LogP contribution < -0.4 is 16.0 Å². The molecule has 1 saturated carbocycles. The predicted octanol–water partition coefficient (Wildman–Crippen LogP) is 5.15. The summed E-state index contributed by atoms with van der Waals surface area (Å²) >= 11 is 0. The molecule has 0 spiro atoms. The first-order chi connectivity index (χ1) is 19.0. The zero-order valence-electron chi connectivity index (χ0n) is 23.2. The Morgan fingerprint density at radius 2 is 1.66 bits per heavy atom. The van der Waals surface area contributed by atoms with Gasteiger partial charge in [-0.05, 0) is 58.0 Å². The molecule has 3 N–H and O–H groups in total. The summed E-state index contributed by atoms with van der Waals surface area (Å²) in [5.41, 5.74) is 0.0765. The molecule has 12 heteroatoms. The molecule has 4 rings (SSSR count). The minimum absolute atomic E-state index is 0. The largest absolute Gasteiger partial charge is 0.421 e. The Morgan fingerprint density at radius 1 is 1.00 bits per heavy atom. The van der Waals surface area contributed by atoms with Gasteiger partial charge in [0, 0.05) is 55.7 Å². The topological polar surface area (TPSA) is 102 Å². The van der Waals surface area contributed by atoms with Gasteiger partial charge in [0.1, 0.15) is 11.4 Å². The second kappa shape index (κ2) is 14.0. The molecule has 226 valence electrons. The van der Waals surface area contributed by atoms with Crippen molar-refractivity contribution in [3.63, 3.8) is 0 Å². The summed E-state index contributed by atoms with van der Waals surface area (Å²) in [4.78, 5) is 37.8. The van der Waals surface area contributed by atoms with E-state index in [4.69, 9.17) is 0 Å². The highest BCUT2D eigenvalue weighted by molar-refractivity contribution is 5.94. The molecule has 0 bridgehead atoms. The molecule has 2 heterocycles. The van der Waals surface area contributed by atoms with Crippen LogP contribution in [-0.2, 0) is 11.0 Å². The second-order valence-electron chi connectivity index (χ2n) is 10.9. The summed E-state index contributed by atoms with van der Waals surface area (Å²) in [5.74, 6) is -1.08. The Balaban J connectivity index is 0.00000462. The van der Waals surface area contributed by atoms with E-state index in [0.717, 1.165) is 38.5 Å². The molecule has 2 amide bonds. The van der Waals surface area contributed by atoms with E-state index < -0.39 is 23.7 Å². The predicted molar refractivity (Wildman–Crippen MR) is 154 cm³/mol. The number of carbonyl (C=O) groups is 2. The Labute approximate surface area is 240 Å². The number of hydrogen-bond acceptors (Lipinski definition) is 7. The average Bonchev–Trinajstić information content (AvgIpc) is 3.14. The first kappa shape index (κ1) is 32.1. The number of halogens is 3. The summed E-state index contributed by atoms with van der Waals surface area (Å²) in [6.45, 7) is 6.66. The van der Waals surface area contributed by atoms with E-state index >= 15 is 0 Å². The molecule has 0 radical (unpaired) electrons. The zero-order valence-corrected chi connectivity index (χ0v) is 23.2. The van der Waals surface area contributed by atoms with E-state index in [0.29, 0.717) is 37.2 Å². The van der Waals surface area contributed by atoms with Crippen molar-refractivity contribution in [3.8, 4) is 0 Å².